The molecule has 1 aromatic carbocycles. The number of carbonyl (C=O) groups is 2. The van der Waals surface area contributed by atoms with E-state index in [9.17, 15) is 19.1 Å². The van der Waals surface area contributed by atoms with Crippen molar-refractivity contribution in [1.29, 1.82) is 0 Å². The lowest BCUT2D eigenvalue weighted by Gasteiger charge is -2.29. The summed E-state index contributed by atoms with van der Waals surface area (Å²) < 4.78 is 13.3. The van der Waals surface area contributed by atoms with Crippen LogP contribution in [0.25, 0.3) is 0 Å². The monoisotopic (exact) mass is 348 g/mol. The maximum Gasteiger partial charge on any atom is 0.227 e. The van der Waals surface area contributed by atoms with Gasteiger partial charge in [0, 0.05) is 31.6 Å². The zero-order valence-electron chi connectivity index (χ0n) is 14.3. The summed E-state index contributed by atoms with van der Waals surface area (Å²) in [6.07, 6.45) is 4.87. The number of amides is 2. The van der Waals surface area contributed by atoms with Gasteiger partial charge in [-0.2, -0.15) is 0 Å². The number of halogens is 1. The van der Waals surface area contributed by atoms with E-state index in [0.29, 0.717) is 18.5 Å². The smallest absolute Gasteiger partial charge is 0.227 e. The number of aliphatic hydroxyl groups is 1. The first-order valence-electron chi connectivity index (χ1n) is 9.08. The van der Waals surface area contributed by atoms with Crippen molar-refractivity contribution in [3.63, 3.8) is 0 Å². The van der Waals surface area contributed by atoms with E-state index in [2.05, 4.69) is 5.32 Å². The highest BCUT2D eigenvalue weighted by Gasteiger charge is 2.26. The van der Waals surface area contributed by atoms with Crippen LogP contribution in [0.4, 0.5) is 10.1 Å². The molecule has 0 aromatic heterocycles. The van der Waals surface area contributed by atoms with Crippen molar-refractivity contribution in [2.75, 3.05) is 18.0 Å². The molecular formula is C19H25FN2O3. The van der Waals surface area contributed by atoms with Gasteiger partial charge in [0.2, 0.25) is 11.8 Å². The van der Waals surface area contributed by atoms with E-state index >= 15 is 0 Å². The fourth-order valence-electron chi connectivity index (χ4n) is 3.80. The van der Waals surface area contributed by atoms with Crippen molar-refractivity contribution in [3.8, 4) is 0 Å². The molecule has 0 radical (unpaired) electrons. The fourth-order valence-corrected chi connectivity index (χ4v) is 3.80. The van der Waals surface area contributed by atoms with Gasteiger partial charge in [0.1, 0.15) is 5.82 Å². The van der Waals surface area contributed by atoms with E-state index in [-0.39, 0.29) is 43.1 Å². The minimum absolute atomic E-state index is 0.0436. The molecule has 1 aliphatic carbocycles. The minimum atomic E-state index is -0.494. The van der Waals surface area contributed by atoms with Gasteiger partial charge in [-0.1, -0.05) is 12.8 Å². The standard InChI is InChI=1S/C19H25FN2O3/c20-15-6-7-16-14(11-15)5-8-19(25)22(16)10-9-18(24)21-12-17(23)13-3-1-2-4-13/h6-7,11,13,17,23H,1-5,8-10,12H2,(H,21,24). The molecule has 2 N–H and O–H groups in total. The van der Waals surface area contributed by atoms with Gasteiger partial charge < -0.3 is 15.3 Å². The average molecular weight is 348 g/mol. The second-order valence-corrected chi connectivity index (χ2v) is 6.98. The van der Waals surface area contributed by atoms with Crippen molar-refractivity contribution >= 4 is 17.5 Å². The normalized spacial score (nSPS) is 19.0. The van der Waals surface area contributed by atoms with Gasteiger partial charge in [-0.3, -0.25) is 9.59 Å². The quantitative estimate of drug-likeness (QED) is 0.828. The lowest BCUT2D eigenvalue weighted by atomic mass is 10.0. The third-order valence-electron chi connectivity index (χ3n) is 5.26. The van der Waals surface area contributed by atoms with Gasteiger partial charge >= 0.3 is 0 Å². The predicted molar refractivity (Wildman–Crippen MR) is 92.7 cm³/mol. The van der Waals surface area contributed by atoms with Gasteiger partial charge in [-0.15, -0.1) is 0 Å². The molecule has 1 atom stereocenters. The lowest BCUT2D eigenvalue weighted by Crippen LogP contribution is -2.40. The summed E-state index contributed by atoms with van der Waals surface area (Å²) in [7, 11) is 0. The first-order valence-corrected chi connectivity index (χ1v) is 9.08. The van der Waals surface area contributed by atoms with Crippen LogP contribution in [-0.2, 0) is 16.0 Å². The van der Waals surface area contributed by atoms with E-state index in [0.717, 1.165) is 31.2 Å². The lowest BCUT2D eigenvalue weighted by molar-refractivity contribution is -0.121. The second kappa shape index (κ2) is 7.95. The minimum Gasteiger partial charge on any atom is -0.391 e. The largest absolute Gasteiger partial charge is 0.391 e. The molecule has 1 unspecified atom stereocenters. The Bertz CT molecular complexity index is 644. The molecule has 2 amide bonds. The SMILES string of the molecule is O=C(CCN1C(=O)CCc2cc(F)ccc21)NCC(O)C1CCCC1. The van der Waals surface area contributed by atoms with Gasteiger partial charge in [-0.05, 0) is 48.9 Å². The summed E-state index contributed by atoms with van der Waals surface area (Å²) in [6, 6.07) is 4.39. The van der Waals surface area contributed by atoms with Crippen molar-refractivity contribution in [2.45, 2.75) is 51.0 Å². The molecular weight excluding hydrogens is 323 g/mol. The van der Waals surface area contributed by atoms with Crippen LogP contribution in [0.5, 0.6) is 0 Å². The van der Waals surface area contributed by atoms with Crippen LogP contribution in [0.3, 0.4) is 0 Å². The molecule has 1 aromatic rings. The Hall–Kier alpha value is -1.95. The summed E-state index contributed by atoms with van der Waals surface area (Å²) in [6.45, 7) is 0.530. The maximum atomic E-state index is 13.3. The Morgan fingerprint density at radius 3 is 2.84 bits per heavy atom. The van der Waals surface area contributed by atoms with E-state index in [1.807, 2.05) is 0 Å². The van der Waals surface area contributed by atoms with Crippen LogP contribution in [0.1, 0.15) is 44.1 Å². The number of aryl methyl sites for hydroxylation is 1. The number of fused-ring (bicyclic) bond motifs is 1. The van der Waals surface area contributed by atoms with Crippen LogP contribution in [-0.4, -0.2) is 36.1 Å². The third-order valence-corrected chi connectivity index (χ3v) is 5.26. The van der Waals surface area contributed by atoms with E-state index < -0.39 is 6.10 Å². The molecule has 5 nitrogen and oxygen atoms in total. The number of benzene rings is 1. The van der Waals surface area contributed by atoms with Crippen molar-refractivity contribution in [3.05, 3.63) is 29.6 Å². The molecule has 1 heterocycles. The van der Waals surface area contributed by atoms with Crippen LogP contribution in [0.15, 0.2) is 18.2 Å². The number of hydrogen-bond acceptors (Lipinski definition) is 3. The second-order valence-electron chi connectivity index (χ2n) is 6.98. The Kier molecular flexibility index (Phi) is 5.68. The van der Waals surface area contributed by atoms with Crippen molar-refractivity contribution in [2.24, 2.45) is 5.92 Å². The van der Waals surface area contributed by atoms with Crippen LogP contribution in [0, 0.1) is 11.7 Å². The fraction of sp³-hybridized carbons (Fsp3) is 0.579. The first-order chi connectivity index (χ1) is 12.0. The van der Waals surface area contributed by atoms with Crippen molar-refractivity contribution < 1.29 is 19.1 Å². The molecule has 2 aliphatic rings. The van der Waals surface area contributed by atoms with Crippen LogP contribution < -0.4 is 10.2 Å². The highest BCUT2D eigenvalue weighted by Crippen LogP contribution is 2.29. The molecule has 1 aliphatic heterocycles. The Morgan fingerprint density at radius 2 is 2.08 bits per heavy atom. The van der Waals surface area contributed by atoms with Gasteiger partial charge in [0.25, 0.3) is 0 Å². The van der Waals surface area contributed by atoms with E-state index in [1.54, 1.807) is 11.0 Å². The molecule has 1 saturated carbocycles. The summed E-state index contributed by atoms with van der Waals surface area (Å²) in [5.41, 5.74) is 1.49. The van der Waals surface area contributed by atoms with Gasteiger partial charge in [0.15, 0.2) is 0 Å². The Balaban J connectivity index is 1.51. The number of rotatable bonds is 6. The predicted octanol–water partition coefficient (Wildman–Crippen LogP) is 2.16. The number of aliphatic hydroxyl groups excluding tert-OH is 1. The average Bonchev–Trinajstić information content (AvgIpc) is 3.13. The summed E-state index contributed by atoms with van der Waals surface area (Å²) in [5, 5.41) is 12.9. The topological polar surface area (TPSA) is 69.6 Å². The summed E-state index contributed by atoms with van der Waals surface area (Å²) in [5.74, 6) is -0.255. The molecule has 0 bridgehead atoms. The number of nitrogens with zero attached hydrogens (tertiary/aromatic N) is 1. The van der Waals surface area contributed by atoms with E-state index in [4.69, 9.17) is 0 Å². The molecule has 25 heavy (non-hydrogen) atoms. The Morgan fingerprint density at radius 1 is 1.32 bits per heavy atom. The number of anilines is 1. The summed E-state index contributed by atoms with van der Waals surface area (Å²) in [4.78, 5) is 25.8. The van der Waals surface area contributed by atoms with Crippen molar-refractivity contribution in [1.82, 2.24) is 5.32 Å². The highest BCUT2D eigenvalue weighted by atomic mass is 19.1. The maximum absolute atomic E-state index is 13.3. The van der Waals surface area contributed by atoms with Crippen LogP contribution >= 0.6 is 0 Å². The zero-order valence-corrected chi connectivity index (χ0v) is 14.3. The summed E-state index contributed by atoms with van der Waals surface area (Å²) >= 11 is 0. The Labute approximate surface area is 147 Å². The number of nitrogens with one attached hydrogen (secondary N) is 1. The third kappa shape index (κ3) is 4.37. The molecule has 6 heteroatoms. The molecule has 3 rings (SSSR count). The number of carbonyl (C=O) groups excluding carboxylic acids is 2. The highest BCUT2D eigenvalue weighted by molar-refractivity contribution is 5.97. The van der Waals surface area contributed by atoms with Crippen LogP contribution in [0.2, 0.25) is 0 Å². The molecule has 136 valence electrons. The van der Waals surface area contributed by atoms with Gasteiger partial charge in [0.05, 0.1) is 6.10 Å². The molecule has 1 fully saturated rings. The molecule has 0 saturated heterocycles. The molecule has 0 spiro atoms. The number of hydrogen-bond donors (Lipinski definition) is 2. The first kappa shape index (κ1) is 17.9. The zero-order chi connectivity index (χ0) is 17.8. The van der Waals surface area contributed by atoms with Gasteiger partial charge in [-0.25, -0.2) is 4.39 Å². The van der Waals surface area contributed by atoms with E-state index in [1.165, 1.54) is 12.1 Å².